The van der Waals surface area contributed by atoms with Crippen molar-refractivity contribution in [2.24, 2.45) is 0 Å². The Morgan fingerprint density at radius 3 is 2.92 bits per heavy atom. The Bertz CT molecular complexity index is 765. The van der Waals surface area contributed by atoms with Gasteiger partial charge in [0, 0.05) is 43.5 Å². The highest BCUT2D eigenvalue weighted by atomic mass is 16.5. The fraction of sp³-hybridized carbons (Fsp3) is 0.550. The Morgan fingerprint density at radius 1 is 1.19 bits per heavy atom. The summed E-state index contributed by atoms with van der Waals surface area (Å²) in [7, 11) is 0. The molecule has 1 N–H and O–H groups in total. The second kappa shape index (κ2) is 8.10. The Morgan fingerprint density at radius 2 is 2.04 bits per heavy atom. The summed E-state index contributed by atoms with van der Waals surface area (Å²) in [6.45, 7) is 4.94. The Hall–Kier alpha value is -2.05. The first-order valence-electron chi connectivity index (χ1n) is 9.53. The van der Waals surface area contributed by atoms with Gasteiger partial charge in [-0.3, -0.25) is 9.69 Å². The Kier molecular flexibility index (Phi) is 5.41. The fourth-order valence-electron chi connectivity index (χ4n) is 3.71. The molecule has 2 heterocycles. The van der Waals surface area contributed by atoms with Crippen LogP contribution in [0.3, 0.4) is 0 Å². The van der Waals surface area contributed by atoms with Crippen LogP contribution in [0.1, 0.15) is 24.2 Å². The fourth-order valence-corrected chi connectivity index (χ4v) is 3.71. The maximum absolute atomic E-state index is 12.0. The molecule has 0 saturated carbocycles. The number of carbonyl (C=O) groups is 1. The van der Waals surface area contributed by atoms with E-state index in [1.54, 1.807) is 0 Å². The van der Waals surface area contributed by atoms with Crippen molar-refractivity contribution in [3.05, 3.63) is 29.5 Å². The molecule has 0 unspecified atom stereocenters. The standard InChI is InChI=1S/C20H26N2O4/c23-20(21-7-8-22-9-11-24-12-10-22)14-25-15-5-6-19-17(13-15)16-3-1-2-4-18(16)26-19/h5-6,13H,1-4,7-12,14H2,(H,21,23). The third-order valence-electron chi connectivity index (χ3n) is 5.15. The van der Waals surface area contributed by atoms with Crippen LogP contribution < -0.4 is 10.1 Å². The van der Waals surface area contributed by atoms with E-state index in [0.717, 1.165) is 68.2 Å². The van der Waals surface area contributed by atoms with Gasteiger partial charge in [-0.1, -0.05) is 0 Å². The minimum absolute atomic E-state index is 0.0364. The molecule has 1 fully saturated rings. The van der Waals surface area contributed by atoms with Crippen LogP contribution in [0.4, 0.5) is 0 Å². The number of hydrogen-bond donors (Lipinski definition) is 1. The monoisotopic (exact) mass is 358 g/mol. The lowest BCUT2D eigenvalue weighted by Gasteiger charge is -2.26. The van der Waals surface area contributed by atoms with Gasteiger partial charge in [0.1, 0.15) is 17.1 Å². The molecule has 26 heavy (non-hydrogen) atoms. The van der Waals surface area contributed by atoms with Crippen LogP contribution in [0.25, 0.3) is 11.0 Å². The summed E-state index contributed by atoms with van der Waals surface area (Å²) in [5.41, 5.74) is 2.23. The number of rotatable bonds is 6. The molecule has 0 spiro atoms. The van der Waals surface area contributed by atoms with Crippen molar-refractivity contribution in [2.45, 2.75) is 25.7 Å². The third-order valence-corrected chi connectivity index (χ3v) is 5.15. The normalized spacial score (nSPS) is 17.8. The van der Waals surface area contributed by atoms with Gasteiger partial charge in [-0.25, -0.2) is 0 Å². The van der Waals surface area contributed by atoms with Gasteiger partial charge in [-0.2, -0.15) is 0 Å². The van der Waals surface area contributed by atoms with Gasteiger partial charge in [-0.05, 0) is 37.5 Å². The largest absolute Gasteiger partial charge is 0.484 e. The van der Waals surface area contributed by atoms with E-state index >= 15 is 0 Å². The summed E-state index contributed by atoms with van der Waals surface area (Å²) in [6, 6.07) is 5.82. The predicted molar refractivity (Wildman–Crippen MR) is 98.6 cm³/mol. The molecule has 0 bridgehead atoms. The van der Waals surface area contributed by atoms with Crippen molar-refractivity contribution in [2.75, 3.05) is 46.0 Å². The number of benzene rings is 1. The number of morpholine rings is 1. The third kappa shape index (κ3) is 4.02. The number of ether oxygens (including phenoxy) is 2. The highest BCUT2D eigenvalue weighted by Crippen LogP contribution is 2.33. The van der Waals surface area contributed by atoms with E-state index in [4.69, 9.17) is 13.9 Å². The van der Waals surface area contributed by atoms with Crippen molar-refractivity contribution in [1.82, 2.24) is 10.2 Å². The number of nitrogens with one attached hydrogen (secondary N) is 1. The van der Waals surface area contributed by atoms with Crippen molar-refractivity contribution < 1.29 is 18.7 Å². The minimum atomic E-state index is -0.0902. The molecule has 140 valence electrons. The quantitative estimate of drug-likeness (QED) is 0.857. The first-order chi connectivity index (χ1) is 12.8. The molecular weight excluding hydrogens is 332 g/mol. The molecule has 0 radical (unpaired) electrons. The van der Waals surface area contributed by atoms with Crippen LogP contribution in [-0.4, -0.2) is 56.8 Å². The molecule has 4 rings (SSSR count). The second-order valence-electron chi connectivity index (χ2n) is 6.96. The van der Waals surface area contributed by atoms with E-state index in [1.807, 2.05) is 18.2 Å². The average molecular weight is 358 g/mol. The molecule has 1 aliphatic heterocycles. The molecule has 0 atom stereocenters. The summed E-state index contributed by atoms with van der Waals surface area (Å²) in [4.78, 5) is 14.3. The van der Waals surface area contributed by atoms with Crippen LogP contribution in [0.5, 0.6) is 5.75 Å². The summed E-state index contributed by atoms with van der Waals surface area (Å²) >= 11 is 0. The zero-order valence-corrected chi connectivity index (χ0v) is 15.1. The molecule has 1 aromatic heterocycles. The topological polar surface area (TPSA) is 63.9 Å². The van der Waals surface area contributed by atoms with Gasteiger partial charge in [0.15, 0.2) is 6.61 Å². The summed E-state index contributed by atoms with van der Waals surface area (Å²) < 4.78 is 16.9. The molecule has 1 saturated heterocycles. The number of furan rings is 1. The maximum atomic E-state index is 12.0. The maximum Gasteiger partial charge on any atom is 0.257 e. The van der Waals surface area contributed by atoms with E-state index in [0.29, 0.717) is 6.54 Å². The summed E-state index contributed by atoms with van der Waals surface area (Å²) in [5.74, 6) is 1.74. The molecule has 2 aliphatic rings. The number of amides is 1. The molecule has 6 heteroatoms. The van der Waals surface area contributed by atoms with Gasteiger partial charge < -0.3 is 19.2 Å². The number of hydrogen-bond acceptors (Lipinski definition) is 5. The zero-order chi connectivity index (χ0) is 17.8. The van der Waals surface area contributed by atoms with E-state index in [9.17, 15) is 4.79 Å². The van der Waals surface area contributed by atoms with Crippen LogP contribution in [-0.2, 0) is 22.4 Å². The molecule has 1 aliphatic carbocycles. The molecule has 1 amide bonds. The van der Waals surface area contributed by atoms with Gasteiger partial charge in [-0.15, -0.1) is 0 Å². The second-order valence-corrected chi connectivity index (χ2v) is 6.96. The van der Waals surface area contributed by atoms with Crippen molar-refractivity contribution in [1.29, 1.82) is 0 Å². The molecule has 1 aromatic carbocycles. The van der Waals surface area contributed by atoms with E-state index < -0.39 is 0 Å². The summed E-state index contributed by atoms with van der Waals surface area (Å²) in [6.07, 6.45) is 4.48. The number of aryl methyl sites for hydroxylation is 2. The van der Waals surface area contributed by atoms with Gasteiger partial charge in [0.25, 0.3) is 5.91 Å². The highest BCUT2D eigenvalue weighted by Gasteiger charge is 2.18. The number of carbonyl (C=O) groups excluding carboxylic acids is 1. The molecule has 6 nitrogen and oxygen atoms in total. The van der Waals surface area contributed by atoms with Gasteiger partial charge in [0.05, 0.1) is 13.2 Å². The van der Waals surface area contributed by atoms with Crippen LogP contribution in [0, 0.1) is 0 Å². The first kappa shape index (κ1) is 17.4. The minimum Gasteiger partial charge on any atom is -0.484 e. The van der Waals surface area contributed by atoms with Crippen LogP contribution >= 0.6 is 0 Å². The highest BCUT2D eigenvalue weighted by molar-refractivity contribution is 5.84. The van der Waals surface area contributed by atoms with Gasteiger partial charge in [0.2, 0.25) is 0 Å². The van der Waals surface area contributed by atoms with E-state index in [-0.39, 0.29) is 12.5 Å². The van der Waals surface area contributed by atoms with Gasteiger partial charge >= 0.3 is 0 Å². The van der Waals surface area contributed by atoms with Crippen molar-refractivity contribution in [3.8, 4) is 5.75 Å². The molecular formula is C20H26N2O4. The van der Waals surface area contributed by atoms with E-state index in [1.165, 1.54) is 18.4 Å². The van der Waals surface area contributed by atoms with Crippen molar-refractivity contribution >= 4 is 16.9 Å². The number of nitrogens with zero attached hydrogens (tertiary/aromatic N) is 1. The van der Waals surface area contributed by atoms with Crippen LogP contribution in [0.2, 0.25) is 0 Å². The zero-order valence-electron chi connectivity index (χ0n) is 15.1. The smallest absolute Gasteiger partial charge is 0.257 e. The Balaban J connectivity index is 1.27. The lowest BCUT2D eigenvalue weighted by atomic mass is 9.96. The molecule has 2 aromatic rings. The lowest BCUT2D eigenvalue weighted by molar-refractivity contribution is -0.123. The van der Waals surface area contributed by atoms with E-state index in [2.05, 4.69) is 10.2 Å². The first-order valence-corrected chi connectivity index (χ1v) is 9.53. The van der Waals surface area contributed by atoms with Crippen LogP contribution in [0.15, 0.2) is 22.6 Å². The lowest BCUT2D eigenvalue weighted by Crippen LogP contribution is -2.42. The summed E-state index contributed by atoms with van der Waals surface area (Å²) in [5, 5.41) is 4.05. The van der Waals surface area contributed by atoms with Crippen molar-refractivity contribution in [3.63, 3.8) is 0 Å². The number of fused-ring (bicyclic) bond motifs is 3. The average Bonchev–Trinajstić information content (AvgIpc) is 3.05. The SMILES string of the molecule is O=C(COc1ccc2oc3c(c2c1)CCCC3)NCCN1CCOCC1. The Labute approximate surface area is 153 Å². The predicted octanol–water partition coefficient (Wildman–Crippen LogP) is 2.14.